The van der Waals surface area contributed by atoms with Gasteiger partial charge in [-0.25, -0.2) is 0 Å². The van der Waals surface area contributed by atoms with Gasteiger partial charge in [-0.05, 0) is 77.2 Å². The molecule has 3 aromatic rings. The van der Waals surface area contributed by atoms with E-state index in [0.29, 0.717) is 18.2 Å². The summed E-state index contributed by atoms with van der Waals surface area (Å²) < 4.78 is 125. The minimum absolute atomic E-state index is 0.0782. The third kappa shape index (κ3) is 5.84. The summed E-state index contributed by atoms with van der Waals surface area (Å²) >= 11 is 0. The van der Waals surface area contributed by atoms with Crippen molar-refractivity contribution in [3.05, 3.63) is 115 Å². The van der Waals surface area contributed by atoms with E-state index in [1.807, 2.05) is 6.07 Å². The Hall–Kier alpha value is -7.07. The molecule has 0 atom stereocenters. The van der Waals surface area contributed by atoms with Crippen molar-refractivity contribution in [2.45, 2.75) is 25.5 Å². The number of hydrogen-bond acceptors (Lipinski definition) is 6. The van der Waals surface area contributed by atoms with E-state index >= 15 is 0 Å². The summed E-state index contributed by atoms with van der Waals surface area (Å²) in [4.78, 5) is 0. The van der Waals surface area contributed by atoms with Crippen molar-refractivity contribution in [3.63, 3.8) is 0 Å². The molecule has 2 aliphatic carbocycles. The first kappa shape index (κ1) is 35.2. The van der Waals surface area contributed by atoms with E-state index in [1.54, 1.807) is 18.2 Å². The number of nitrogens with zero attached hydrogens (tertiary/aromatic N) is 6. The van der Waals surface area contributed by atoms with E-state index in [-0.39, 0.29) is 56.2 Å². The highest BCUT2D eigenvalue weighted by Gasteiger charge is 2.41. The molecule has 0 unspecified atom stereocenters. The van der Waals surface area contributed by atoms with Gasteiger partial charge in [0.25, 0.3) is 0 Å². The smallest absolute Gasteiger partial charge is 0.192 e. The highest BCUT2D eigenvalue weighted by Crippen LogP contribution is 2.55. The highest BCUT2D eigenvalue weighted by atomic mass is 19.4. The molecule has 0 spiro atoms. The third-order valence-corrected chi connectivity index (χ3v) is 7.98. The number of allylic oxidation sites excluding steroid dienone is 8. The van der Waals surface area contributed by atoms with Crippen LogP contribution in [0, 0.1) is 74.9 Å². The Morgan fingerprint density at radius 2 is 0.784 bits per heavy atom. The van der Waals surface area contributed by atoms with Crippen LogP contribution in [-0.2, 0) is 18.5 Å². The van der Waals surface area contributed by atoms with E-state index in [1.165, 1.54) is 25.1 Å². The summed E-state index contributed by atoms with van der Waals surface area (Å²) in [6.07, 6.45) is -15.5. The number of rotatable bonds is 2. The van der Waals surface area contributed by atoms with Crippen molar-refractivity contribution < 1.29 is 39.5 Å². The minimum atomic E-state index is -5.32. The average molecular weight is 699 g/mol. The SMILES string of the molecule is Cc1cc(C2=C(C#N)c3cc4c(cc3C2=C(C#N)C#N)C(=C(C#N)C#N)C(c2cc(C(F)(F)F)cc(C(F)(F)F)c2)=C4C#N)cc(C(F)(F)F)c1. The zero-order chi connectivity index (χ0) is 37.8. The monoisotopic (exact) mass is 698 g/mol. The molecule has 0 N–H and O–H groups in total. The lowest BCUT2D eigenvalue weighted by atomic mass is 9.88. The first-order valence-electron chi connectivity index (χ1n) is 13.9. The summed E-state index contributed by atoms with van der Waals surface area (Å²) in [5.41, 5.74) is -11.0. The van der Waals surface area contributed by atoms with Gasteiger partial charge in [0.05, 0.1) is 27.8 Å². The zero-order valence-electron chi connectivity index (χ0n) is 25.2. The lowest BCUT2D eigenvalue weighted by Crippen LogP contribution is -2.12. The van der Waals surface area contributed by atoms with Crippen molar-refractivity contribution in [2.24, 2.45) is 0 Å². The quantitative estimate of drug-likeness (QED) is 0.193. The second-order valence-electron chi connectivity index (χ2n) is 11.0. The average Bonchev–Trinajstić information content (AvgIpc) is 3.55. The van der Waals surface area contributed by atoms with Gasteiger partial charge < -0.3 is 0 Å². The molecule has 0 saturated heterocycles. The lowest BCUT2D eigenvalue weighted by molar-refractivity contribution is -0.143. The molecule has 0 fully saturated rings. The van der Waals surface area contributed by atoms with Crippen LogP contribution in [0.4, 0.5) is 39.5 Å². The standard InChI is InChI=1S/C36H11F9N6/c1-16-2-17(4-21(3-16)34(37,38)39)30-28(14-50)24-8-25-27(9-26(24)32(30)19(10-46)11-47)33(20(12-48)13-49)31(29(25)15-51)18-5-22(35(40,41)42)7-23(6-18)36(43,44)45/h2-9H,1H3. The van der Waals surface area contributed by atoms with Gasteiger partial charge in [0, 0.05) is 33.4 Å². The number of hydrogen-bond donors (Lipinski definition) is 0. The Morgan fingerprint density at radius 1 is 0.451 bits per heavy atom. The third-order valence-electron chi connectivity index (χ3n) is 7.98. The Labute approximate surface area is 281 Å². The topological polar surface area (TPSA) is 143 Å². The lowest BCUT2D eigenvalue weighted by Gasteiger charge is -2.16. The van der Waals surface area contributed by atoms with Crippen LogP contribution in [-0.4, -0.2) is 0 Å². The van der Waals surface area contributed by atoms with Gasteiger partial charge in [0.1, 0.15) is 47.6 Å². The van der Waals surface area contributed by atoms with Crippen LogP contribution in [0.2, 0.25) is 0 Å². The molecule has 6 nitrogen and oxygen atoms in total. The molecule has 0 radical (unpaired) electrons. The fourth-order valence-electron chi connectivity index (χ4n) is 6.01. The van der Waals surface area contributed by atoms with E-state index in [9.17, 15) is 71.1 Å². The van der Waals surface area contributed by atoms with Crippen LogP contribution in [0.1, 0.15) is 55.6 Å². The number of halogens is 9. The van der Waals surface area contributed by atoms with Gasteiger partial charge in [-0.3, -0.25) is 0 Å². The molecule has 0 aliphatic heterocycles. The van der Waals surface area contributed by atoms with Gasteiger partial charge in [0.2, 0.25) is 0 Å². The van der Waals surface area contributed by atoms with E-state index in [0.717, 1.165) is 18.2 Å². The van der Waals surface area contributed by atoms with Crippen molar-refractivity contribution in [1.82, 2.24) is 0 Å². The molecule has 15 heteroatoms. The second kappa shape index (κ2) is 12.1. The first-order valence-corrected chi connectivity index (χ1v) is 13.9. The summed E-state index contributed by atoms with van der Waals surface area (Å²) in [7, 11) is 0. The molecule has 3 aromatic carbocycles. The zero-order valence-corrected chi connectivity index (χ0v) is 25.2. The molecule has 0 heterocycles. The predicted octanol–water partition coefficient (Wildman–Crippen LogP) is 9.55. The maximum atomic E-state index is 13.9. The molecule has 0 bridgehead atoms. The molecule has 2 aliphatic rings. The normalized spacial score (nSPS) is 13.7. The summed E-state index contributed by atoms with van der Waals surface area (Å²) in [6, 6.07) is 15.2. The van der Waals surface area contributed by atoms with Crippen LogP contribution in [0.15, 0.2) is 59.7 Å². The summed E-state index contributed by atoms with van der Waals surface area (Å²) in [5.74, 6) is 0. The number of aryl methyl sites for hydroxylation is 1. The number of nitriles is 6. The van der Waals surface area contributed by atoms with Crippen molar-refractivity contribution >= 4 is 33.4 Å². The Kier molecular flexibility index (Phi) is 8.37. The van der Waals surface area contributed by atoms with Crippen molar-refractivity contribution in [1.29, 1.82) is 31.6 Å². The fourth-order valence-corrected chi connectivity index (χ4v) is 6.01. The predicted molar refractivity (Wildman–Crippen MR) is 160 cm³/mol. The summed E-state index contributed by atoms with van der Waals surface area (Å²) in [6.45, 7) is 1.33. The maximum Gasteiger partial charge on any atom is 0.416 e. The van der Waals surface area contributed by atoms with E-state index in [2.05, 4.69) is 0 Å². The van der Waals surface area contributed by atoms with Crippen LogP contribution < -0.4 is 0 Å². The van der Waals surface area contributed by atoms with Crippen LogP contribution in [0.3, 0.4) is 0 Å². The maximum absolute atomic E-state index is 13.9. The molecule has 0 amide bonds. The molecule has 0 aromatic heterocycles. The Morgan fingerprint density at radius 3 is 1.12 bits per heavy atom. The molecule has 0 saturated carbocycles. The van der Waals surface area contributed by atoms with Crippen LogP contribution in [0.5, 0.6) is 0 Å². The van der Waals surface area contributed by atoms with Crippen molar-refractivity contribution in [2.75, 3.05) is 0 Å². The molecule has 248 valence electrons. The van der Waals surface area contributed by atoms with Crippen LogP contribution >= 0.6 is 0 Å². The van der Waals surface area contributed by atoms with Gasteiger partial charge in [0.15, 0.2) is 0 Å². The molecule has 51 heavy (non-hydrogen) atoms. The molecular formula is C36H11F9N6. The van der Waals surface area contributed by atoms with E-state index < -0.39 is 68.6 Å². The highest BCUT2D eigenvalue weighted by molar-refractivity contribution is 6.29. The van der Waals surface area contributed by atoms with E-state index in [4.69, 9.17) is 0 Å². The van der Waals surface area contributed by atoms with Crippen LogP contribution in [0.25, 0.3) is 33.4 Å². The van der Waals surface area contributed by atoms with Crippen molar-refractivity contribution in [3.8, 4) is 36.4 Å². The van der Waals surface area contributed by atoms with Gasteiger partial charge in [-0.1, -0.05) is 6.07 Å². The fraction of sp³-hybridized carbons (Fsp3) is 0.111. The van der Waals surface area contributed by atoms with Gasteiger partial charge >= 0.3 is 18.5 Å². The van der Waals surface area contributed by atoms with Gasteiger partial charge in [-0.2, -0.15) is 71.1 Å². The molecule has 5 rings (SSSR count). The first-order chi connectivity index (χ1) is 23.8. The molecular weight excluding hydrogens is 687 g/mol. The Balaban J connectivity index is 1.96. The number of alkyl halides is 9. The number of fused-ring (bicyclic) bond motifs is 2. The second-order valence-corrected chi connectivity index (χ2v) is 11.0. The largest absolute Gasteiger partial charge is 0.416 e. The Bertz CT molecular complexity index is 2430. The minimum Gasteiger partial charge on any atom is -0.192 e. The summed E-state index contributed by atoms with van der Waals surface area (Å²) in [5, 5.41) is 60.1. The number of benzene rings is 3. The van der Waals surface area contributed by atoms with Gasteiger partial charge in [-0.15, -0.1) is 0 Å².